The maximum Gasteiger partial charge on any atom is 0.123 e. The second-order valence-corrected chi connectivity index (χ2v) is 5.63. The van der Waals surface area contributed by atoms with Crippen molar-refractivity contribution < 1.29 is 4.39 Å². The molecule has 1 N–H and O–H groups in total. The lowest BCUT2D eigenvalue weighted by Crippen LogP contribution is -2.22. The predicted molar refractivity (Wildman–Crippen MR) is 80.5 cm³/mol. The Hall–Kier alpha value is -1.19. The first-order chi connectivity index (χ1) is 9.06. The van der Waals surface area contributed by atoms with E-state index in [1.807, 2.05) is 24.3 Å². The van der Waals surface area contributed by atoms with Crippen molar-refractivity contribution in [2.45, 2.75) is 25.9 Å². The van der Waals surface area contributed by atoms with Crippen molar-refractivity contribution in [2.24, 2.45) is 0 Å². The van der Waals surface area contributed by atoms with Crippen molar-refractivity contribution in [3.63, 3.8) is 0 Å². The SMILES string of the molecule is CC(NC(C)c1ccc(Br)cc1)c1ccc(F)cc1. The average Bonchev–Trinajstić information content (AvgIpc) is 2.40. The van der Waals surface area contributed by atoms with Crippen molar-refractivity contribution in [3.8, 4) is 0 Å². The van der Waals surface area contributed by atoms with Crippen LogP contribution in [0.1, 0.15) is 37.1 Å². The molecule has 100 valence electrons. The van der Waals surface area contributed by atoms with Gasteiger partial charge in [-0.15, -0.1) is 0 Å². The van der Waals surface area contributed by atoms with Gasteiger partial charge in [-0.25, -0.2) is 4.39 Å². The summed E-state index contributed by atoms with van der Waals surface area (Å²) in [4.78, 5) is 0. The van der Waals surface area contributed by atoms with Gasteiger partial charge in [0, 0.05) is 16.6 Å². The fraction of sp³-hybridized carbons (Fsp3) is 0.250. The molecule has 0 aromatic heterocycles. The Labute approximate surface area is 122 Å². The van der Waals surface area contributed by atoms with Gasteiger partial charge in [-0.2, -0.15) is 0 Å². The molecule has 0 aliphatic carbocycles. The molecule has 0 saturated heterocycles. The quantitative estimate of drug-likeness (QED) is 0.835. The summed E-state index contributed by atoms with van der Waals surface area (Å²) in [6.45, 7) is 4.21. The van der Waals surface area contributed by atoms with E-state index in [1.165, 1.54) is 17.7 Å². The van der Waals surface area contributed by atoms with E-state index in [0.717, 1.165) is 10.0 Å². The van der Waals surface area contributed by atoms with Gasteiger partial charge in [-0.1, -0.05) is 40.2 Å². The van der Waals surface area contributed by atoms with Crippen molar-refractivity contribution in [3.05, 3.63) is 69.9 Å². The molecule has 2 aromatic carbocycles. The van der Waals surface area contributed by atoms with Gasteiger partial charge >= 0.3 is 0 Å². The molecule has 2 rings (SSSR count). The maximum absolute atomic E-state index is 12.9. The molecule has 0 aliphatic heterocycles. The molecule has 2 unspecified atom stereocenters. The summed E-state index contributed by atoms with van der Waals surface area (Å²) in [7, 11) is 0. The van der Waals surface area contributed by atoms with Crippen LogP contribution in [0.5, 0.6) is 0 Å². The molecule has 0 spiro atoms. The Bertz CT molecular complexity index is 472. The molecule has 0 fully saturated rings. The molecule has 0 bridgehead atoms. The van der Waals surface area contributed by atoms with Gasteiger partial charge in [0.05, 0.1) is 0 Å². The third-order valence-corrected chi connectivity index (χ3v) is 3.77. The normalized spacial score (nSPS) is 14.1. The van der Waals surface area contributed by atoms with Crippen molar-refractivity contribution in [2.75, 3.05) is 0 Å². The van der Waals surface area contributed by atoms with Crippen LogP contribution in [0.15, 0.2) is 53.0 Å². The van der Waals surface area contributed by atoms with Crippen LogP contribution in [0, 0.1) is 5.82 Å². The molecule has 2 aromatic rings. The molecule has 0 heterocycles. The molecular formula is C16H17BrFN. The van der Waals surface area contributed by atoms with Crippen LogP contribution < -0.4 is 5.32 Å². The molecule has 0 radical (unpaired) electrons. The zero-order chi connectivity index (χ0) is 13.8. The minimum atomic E-state index is -0.197. The lowest BCUT2D eigenvalue weighted by Gasteiger charge is -2.21. The summed E-state index contributed by atoms with van der Waals surface area (Å²) in [6, 6.07) is 15.3. The molecule has 19 heavy (non-hydrogen) atoms. The number of benzene rings is 2. The second-order valence-electron chi connectivity index (χ2n) is 4.71. The van der Waals surface area contributed by atoms with Crippen molar-refractivity contribution in [1.29, 1.82) is 0 Å². The first kappa shape index (κ1) is 14.2. The Morgan fingerprint density at radius 3 is 1.74 bits per heavy atom. The zero-order valence-electron chi connectivity index (χ0n) is 11.0. The third kappa shape index (κ3) is 3.88. The van der Waals surface area contributed by atoms with Gasteiger partial charge in [0.15, 0.2) is 0 Å². The van der Waals surface area contributed by atoms with E-state index in [1.54, 1.807) is 0 Å². The van der Waals surface area contributed by atoms with Crippen LogP contribution in [-0.2, 0) is 0 Å². The van der Waals surface area contributed by atoms with E-state index in [-0.39, 0.29) is 17.9 Å². The average molecular weight is 322 g/mol. The number of hydrogen-bond donors (Lipinski definition) is 1. The van der Waals surface area contributed by atoms with E-state index in [9.17, 15) is 4.39 Å². The van der Waals surface area contributed by atoms with E-state index < -0.39 is 0 Å². The summed E-state index contributed by atoms with van der Waals surface area (Å²) < 4.78 is 14.0. The number of hydrogen-bond acceptors (Lipinski definition) is 1. The predicted octanol–water partition coefficient (Wildman–Crippen LogP) is 5.00. The molecule has 0 saturated carbocycles. The van der Waals surface area contributed by atoms with Crippen LogP contribution in [0.3, 0.4) is 0 Å². The van der Waals surface area contributed by atoms with Crippen LogP contribution in [-0.4, -0.2) is 0 Å². The molecular weight excluding hydrogens is 305 g/mol. The number of nitrogens with one attached hydrogen (secondary N) is 1. The molecule has 0 amide bonds. The molecule has 3 heteroatoms. The lowest BCUT2D eigenvalue weighted by atomic mass is 10.0. The topological polar surface area (TPSA) is 12.0 Å². The van der Waals surface area contributed by atoms with Crippen molar-refractivity contribution >= 4 is 15.9 Å². The summed E-state index contributed by atoms with van der Waals surface area (Å²) in [6.07, 6.45) is 0. The highest BCUT2D eigenvalue weighted by atomic mass is 79.9. The smallest absolute Gasteiger partial charge is 0.123 e. The summed E-state index contributed by atoms with van der Waals surface area (Å²) in [5.74, 6) is -0.197. The molecule has 1 nitrogen and oxygen atoms in total. The van der Waals surface area contributed by atoms with Gasteiger partial charge in [0.1, 0.15) is 5.82 Å². The van der Waals surface area contributed by atoms with Crippen LogP contribution in [0.2, 0.25) is 0 Å². The van der Waals surface area contributed by atoms with E-state index in [0.29, 0.717) is 0 Å². The minimum absolute atomic E-state index is 0.180. The Morgan fingerprint density at radius 1 is 0.842 bits per heavy atom. The Morgan fingerprint density at radius 2 is 1.26 bits per heavy atom. The summed E-state index contributed by atoms with van der Waals surface area (Å²) in [5, 5.41) is 3.51. The fourth-order valence-electron chi connectivity index (χ4n) is 2.07. The van der Waals surface area contributed by atoms with Gasteiger partial charge < -0.3 is 5.32 Å². The standard InChI is InChI=1S/C16H17BrFN/c1-11(13-3-7-15(17)8-4-13)19-12(2)14-5-9-16(18)10-6-14/h3-12,19H,1-2H3. The third-order valence-electron chi connectivity index (χ3n) is 3.24. The van der Waals surface area contributed by atoms with Crippen LogP contribution in [0.25, 0.3) is 0 Å². The van der Waals surface area contributed by atoms with Crippen LogP contribution >= 0.6 is 15.9 Å². The Kier molecular flexibility index (Phi) is 4.72. The first-order valence-electron chi connectivity index (χ1n) is 6.33. The van der Waals surface area contributed by atoms with Gasteiger partial charge in [-0.3, -0.25) is 0 Å². The highest BCUT2D eigenvalue weighted by Gasteiger charge is 2.11. The van der Waals surface area contributed by atoms with Gasteiger partial charge in [-0.05, 0) is 49.2 Å². The molecule has 0 aliphatic rings. The largest absolute Gasteiger partial charge is 0.304 e. The highest BCUT2D eigenvalue weighted by Crippen LogP contribution is 2.21. The van der Waals surface area contributed by atoms with Crippen molar-refractivity contribution in [1.82, 2.24) is 5.32 Å². The van der Waals surface area contributed by atoms with E-state index in [2.05, 4.69) is 47.2 Å². The first-order valence-corrected chi connectivity index (χ1v) is 7.12. The summed E-state index contributed by atoms with van der Waals surface area (Å²) in [5.41, 5.74) is 2.32. The monoisotopic (exact) mass is 321 g/mol. The zero-order valence-corrected chi connectivity index (χ0v) is 12.6. The number of rotatable bonds is 4. The van der Waals surface area contributed by atoms with Crippen LogP contribution in [0.4, 0.5) is 4.39 Å². The Balaban J connectivity index is 2.03. The highest BCUT2D eigenvalue weighted by molar-refractivity contribution is 9.10. The minimum Gasteiger partial charge on any atom is -0.304 e. The van der Waals surface area contributed by atoms with E-state index >= 15 is 0 Å². The second kappa shape index (κ2) is 6.31. The van der Waals surface area contributed by atoms with Gasteiger partial charge in [0.25, 0.3) is 0 Å². The number of halogens is 2. The maximum atomic E-state index is 12.9. The van der Waals surface area contributed by atoms with E-state index in [4.69, 9.17) is 0 Å². The lowest BCUT2D eigenvalue weighted by molar-refractivity contribution is 0.494. The summed E-state index contributed by atoms with van der Waals surface area (Å²) >= 11 is 3.43. The van der Waals surface area contributed by atoms with Gasteiger partial charge in [0.2, 0.25) is 0 Å². The fourth-order valence-corrected chi connectivity index (χ4v) is 2.33. The molecule has 2 atom stereocenters.